The number of benzene rings is 1. The van der Waals surface area contributed by atoms with Crippen LogP contribution in [0.1, 0.15) is 5.56 Å². The molecular weight excluding hydrogens is 287 g/mol. The maximum atomic E-state index is 12.8. The zero-order chi connectivity index (χ0) is 16.0. The third-order valence-electron chi connectivity index (χ3n) is 2.71. The van der Waals surface area contributed by atoms with Crippen LogP contribution in [-0.2, 0) is 10.9 Å². The highest BCUT2D eigenvalue weighted by atomic mass is 19.4. The van der Waals surface area contributed by atoms with E-state index in [9.17, 15) is 18.0 Å². The van der Waals surface area contributed by atoms with Crippen LogP contribution in [0.15, 0.2) is 24.3 Å². The maximum absolute atomic E-state index is 12.8. The van der Waals surface area contributed by atoms with Gasteiger partial charge in [-0.15, -0.1) is 0 Å². The average Bonchev–Trinajstić information content (AvgIpc) is 2.38. The van der Waals surface area contributed by atoms with Crippen LogP contribution in [-0.4, -0.2) is 44.3 Å². The number of alkyl halides is 3. The summed E-state index contributed by atoms with van der Waals surface area (Å²) in [7, 11) is 2.92. The van der Waals surface area contributed by atoms with Crippen molar-refractivity contribution in [2.75, 3.05) is 32.6 Å². The van der Waals surface area contributed by atoms with Gasteiger partial charge in [0.2, 0.25) is 0 Å². The number of carbonyl (C=O) groups excluding carboxylic acids is 1. The quantitative estimate of drug-likeness (QED) is 0.876. The second kappa shape index (κ2) is 7.28. The lowest BCUT2D eigenvalue weighted by Crippen LogP contribution is -2.43. The molecule has 1 aromatic carbocycles. The molecule has 1 unspecified atom stereocenters. The normalized spacial score (nSPS) is 12.9. The molecule has 0 aromatic heterocycles. The molecule has 0 spiro atoms. The van der Waals surface area contributed by atoms with Gasteiger partial charge in [-0.3, -0.25) is 0 Å². The van der Waals surface area contributed by atoms with E-state index >= 15 is 0 Å². The van der Waals surface area contributed by atoms with Gasteiger partial charge in [0, 0.05) is 26.7 Å². The molecule has 0 heterocycles. The fourth-order valence-corrected chi connectivity index (χ4v) is 1.75. The van der Waals surface area contributed by atoms with Crippen molar-refractivity contribution in [2.45, 2.75) is 12.2 Å². The van der Waals surface area contributed by atoms with Crippen LogP contribution in [0.25, 0.3) is 0 Å². The predicted molar refractivity (Wildman–Crippen MR) is 72.9 cm³/mol. The predicted octanol–water partition coefficient (Wildman–Crippen LogP) is 2.14. The van der Waals surface area contributed by atoms with E-state index in [1.807, 2.05) is 0 Å². The summed E-state index contributed by atoms with van der Waals surface area (Å²) in [6, 6.07) is 3.70. The van der Waals surface area contributed by atoms with Crippen molar-refractivity contribution in [3.8, 4) is 0 Å². The van der Waals surface area contributed by atoms with Crippen LogP contribution >= 0.6 is 0 Å². The summed E-state index contributed by atoms with van der Waals surface area (Å²) in [4.78, 5) is 13.1. The molecule has 5 nitrogen and oxygen atoms in total. The molecule has 1 rings (SSSR count). The Morgan fingerprint density at radius 3 is 2.62 bits per heavy atom. The van der Waals surface area contributed by atoms with E-state index in [1.54, 1.807) is 0 Å². The smallest absolute Gasteiger partial charge is 0.383 e. The number of halogens is 3. The Labute approximate surface area is 120 Å². The van der Waals surface area contributed by atoms with E-state index in [0.717, 1.165) is 6.07 Å². The van der Waals surface area contributed by atoms with E-state index in [4.69, 9.17) is 10.5 Å². The molecule has 0 saturated heterocycles. The highest BCUT2D eigenvalue weighted by Gasteiger charge is 2.33. The molecule has 0 saturated carbocycles. The second-order valence-electron chi connectivity index (χ2n) is 4.57. The minimum absolute atomic E-state index is 0.161. The lowest BCUT2D eigenvalue weighted by atomic mass is 10.1. The Bertz CT molecular complexity index is 480. The highest BCUT2D eigenvalue weighted by Crippen LogP contribution is 2.34. The highest BCUT2D eigenvalue weighted by molar-refractivity contribution is 5.90. The van der Waals surface area contributed by atoms with Crippen LogP contribution in [0, 0.1) is 0 Å². The molecule has 0 bridgehead atoms. The van der Waals surface area contributed by atoms with Crippen LogP contribution in [0.5, 0.6) is 0 Å². The van der Waals surface area contributed by atoms with E-state index in [0.29, 0.717) is 0 Å². The van der Waals surface area contributed by atoms with Gasteiger partial charge in [0.15, 0.2) is 0 Å². The Balaban J connectivity index is 2.75. The Morgan fingerprint density at radius 2 is 2.05 bits per heavy atom. The SMILES string of the molecule is COCC(N)CN(C)C(=O)Nc1ccccc1C(F)(F)F. The number of nitrogens with one attached hydrogen (secondary N) is 1. The number of rotatable bonds is 5. The molecule has 1 aromatic rings. The topological polar surface area (TPSA) is 67.6 Å². The fraction of sp³-hybridized carbons (Fsp3) is 0.462. The summed E-state index contributed by atoms with van der Waals surface area (Å²) in [5.74, 6) is 0. The van der Waals surface area contributed by atoms with Gasteiger partial charge >= 0.3 is 12.2 Å². The number of ether oxygens (including phenoxy) is 1. The van der Waals surface area contributed by atoms with E-state index in [1.165, 1.54) is 37.3 Å². The number of methoxy groups -OCH3 is 1. The van der Waals surface area contributed by atoms with E-state index in [2.05, 4.69) is 5.32 Å². The summed E-state index contributed by atoms with van der Waals surface area (Å²) in [6.45, 7) is 0.407. The number of urea groups is 1. The monoisotopic (exact) mass is 305 g/mol. The zero-order valence-corrected chi connectivity index (χ0v) is 11.8. The Hall–Kier alpha value is -1.80. The lowest BCUT2D eigenvalue weighted by molar-refractivity contribution is -0.136. The van der Waals surface area contributed by atoms with Gasteiger partial charge in [-0.2, -0.15) is 13.2 Å². The molecule has 21 heavy (non-hydrogen) atoms. The van der Waals surface area contributed by atoms with Gasteiger partial charge < -0.3 is 20.7 Å². The first-order valence-corrected chi connectivity index (χ1v) is 6.18. The van der Waals surface area contributed by atoms with Crippen molar-refractivity contribution in [3.05, 3.63) is 29.8 Å². The second-order valence-corrected chi connectivity index (χ2v) is 4.57. The number of amides is 2. The molecule has 0 aliphatic carbocycles. The van der Waals surface area contributed by atoms with E-state index in [-0.39, 0.29) is 18.8 Å². The average molecular weight is 305 g/mol. The lowest BCUT2D eigenvalue weighted by Gasteiger charge is -2.22. The van der Waals surface area contributed by atoms with Crippen molar-refractivity contribution in [1.82, 2.24) is 4.90 Å². The molecule has 3 N–H and O–H groups in total. The van der Waals surface area contributed by atoms with Crippen molar-refractivity contribution >= 4 is 11.7 Å². The van der Waals surface area contributed by atoms with Crippen molar-refractivity contribution < 1.29 is 22.7 Å². The standard InChI is InChI=1S/C13H18F3N3O2/c1-19(7-9(17)8-21-2)12(20)18-11-6-4-3-5-10(11)13(14,15)16/h3-6,9H,7-8,17H2,1-2H3,(H,18,20). The molecular formula is C13H18F3N3O2. The van der Waals surface area contributed by atoms with E-state index < -0.39 is 23.8 Å². The maximum Gasteiger partial charge on any atom is 0.418 e. The van der Waals surface area contributed by atoms with Crippen LogP contribution < -0.4 is 11.1 Å². The summed E-state index contributed by atoms with van der Waals surface area (Å²) in [5.41, 5.74) is 4.50. The molecule has 0 aliphatic heterocycles. The van der Waals surface area contributed by atoms with Gasteiger partial charge in [-0.05, 0) is 12.1 Å². The first-order chi connectivity index (χ1) is 9.75. The van der Waals surface area contributed by atoms with Crippen molar-refractivity contribution in [1.29, 1.82) is 0 Å². The summed E-state index contributed by atoms with van der Waals surface area (Å²) in [6.07, 6.45) is -4.53. The van der Waals surface area contributed by atoms with Crippen molar-refractivity contribution in [3.63, 3.8) is 0 Å². The molecule has 0 radical (unpaired) electrons. The van der Waals surface area contributed by atoms with Gasteiger partial charge in [-0.1, -0.05) is 12.1 Å². The third kappa shape index (κ3) is 5.24. The van der Waals surface area contributed by atoms with Gasteiger partial charge in [0.1, 0.15) is 0 Å². The Kier molecular flexibility index (Phi) is 5.98. The summed E-state index contributed by atoms with van der Waals surface area (Å²) >= 11 is 0. The zero-order valence-electron chi connectivity index (χ0n) is 11.8. The number of nitrogens with two attached hydrogens (primary N) is 1. The van der Waals surface area contributed by atoms with Gasteiger partial charge in [0.25, 0.3) is 0 Å². The number of anilines is 1. The van der Waals surface area contributed by atoms with Gasteiger partial charge in [0.05, 0.1) is 17.9 Å². The van der Waals surface area contributed by atoms with Gasteiger partial charge in [-0.25, -0.2) is 4.79 Å². The first kappa shape index (κ1) is 17.3. The Morgan fingerprint density at radius 1 is 1.43 bits per heavy atom. The summed E-state index contributed by atoms with van der Waals surface area (Å²) < 4.78 is 43.3. The molecule has 0 fully saturated rings. The number of hydrogen-bond acceptors (Lipinski definition) is 3. The minimum atomic E-state index is -4.53. The molecule has 0 aliphatic rings. The molecule has 118 valence electrons. The first-order valence-electron chi connectivity index (χ1n) is 6.18. The number of likely N-dealkylation sites (N-methyl/N-ethyl adjacent to an activating group) is 1. The number of hydrogen-bond donors (Lipinski definition) is 2. The number of carbonyl (C=O) groups is 1. The molecule has 1 atom stereocenters. The van der Waals surface area contributed by atoms with Crippen LogP contribution in [0.4, 0.5) is 23.7 Å². The van der Waals surface area contributed by atoms with Crippen molar-refractivity contribution in [2.24, 2.45) is 5.73 Å². The largest absolute Gasteiger partial charge is 0.418 e. The number of nitrogens with zero attached hydrogens (tertiary/aromatic N) is 1. The summed E-state index contributed by atoms with van der Waals surface area (Å²) in [5, 5.41) is 2.23. The fourth-order valence-electron chi connectivity index (χ4n) is 1.75. The van der Waals surface area contributed by atoms with Crippen LogP contribution in [0.3, 0.4) is 0 Å². The molecule has 8 heteroatoms. The number of para-hydroxylation sites is 1. The minimum Gasteiger partial charge on any atom is -0.383 e. The van der Waals surface area contributed by atoms with Crippen LogP contribution in [0.2, 0.25) is 0 Å². The molecule has 2 amide bonds. The third-order valence-corrected chi connectivity index (χ3v) is 2.71.